The first kappa shape index (κ1) is 9.99. The molecule has 0 aliphatic carbocycles. The van der Waals surface area contributed by atoms with Crippen molar-refractivity contribution in [2.45, 2.75) is 43.8 Å². The molecular weight excluding hydrogens is 222 g/mol. The lowest BCUT2D eigenvalue weighted by atomic mass is 10.1. The Morgan fingerprint density at radius 2 is 2.08 bits per heavy atom. The molecule has 0 aromatic rings. The van der Waals surface area contributed by atoms with Crippen LogP contribution in [0.4, 0.5) is 0 Å². The molecule has 0 aromatic heterocycles. The van der Waals surface area contributed by atoms with Crippen molar-refractivity contribution in [3.63, 3.8) is 0 Å². The predicted octanol–water partition coefficient (Wildman–Crippen LogP) is 1.41. The summed E-state index contributed by atoms with van der Waals surface area (Å²) in [6.45, 7) is 7.54. The third kappa shape index (κ3) is 1.80. The minimum atomic E-state index is -0.560. The van der Waals surface area contributed by atoms with Crippen molar-refractivity contribution in [1.82, 2.24) is 5.32 Å². The predicted molar refractivity (Wildman–Crippen MR) is 50.1 cm³/mol. The molecule has 1 heterocycles. The zero-order valence-corrected chi connectivity index (χ0v) is 9.36. The van der Waals surface area contributed by atoms with Gasteiger partial charge in [-0.2, -0.15) is 0 Å². The standard InChI is InChI=1S/C8H14BrNO2/c1-7(2,9)5-10-8(3,4)6(11)12-5/h5,10H,1-4H3. The highest BCUT2D eigenvalue weighted by molar-refractivity contribution is 9.10. The monoisotopic (exact) mass is 235 g/mol. The van der Waals surface area contributed by atoms with E-state index in [-0.39, 0.29) is 16.5 Å². The first-order chi connectivity index (χ1) is 5.23. The fourth-order valence-corrected chi connectivity index (χ4v) is 1.19. The minimum Gasteiger partial charge on any atom is -0.444 e. The maximum absolute atomic E-state index is 11.2. The molecule has 0 spiro atoms. The Morgan fingerprint density at radius 3 is 2.25 bits per heavy atom. The summed E-state index contributed by atoms with van der Waals surface area (Å²) in [7, 11) is 0. The van der Waals surface area contributed by atoms with Gasteiger partial charge in [0.2, 0.25) is 0 Å². The van der Waals surface area contributed by atoms with Gasteiger partial charge >= 0.3 is 5.97 Å². The van der Waals surface area contributed by atoms with Crippen LogP contribution in [-0.4, -0.2) is 22.1 Å². The number of halogens is 1. The van der Waals surface area contributed by atoms with E-state index in [0.717, 1.165) is 0 Å². The lowest BCUT2D eigenvalue weighted by Crippen LogP contribution is -2.46. The van der Waals surface area contributed by atoms with Crippen molar-refractivity contribution in [3.8, 4) is 0 Å². The number of hydrogen-bond donors (Lipinski definition) is 1. The van der Waals surface area contributed by atoms with Crippen LogP contribution in [0.1, 0.15) is 27.7 Å². The quantitative estimate of drug-likeness (QED) is 0.552. The highest BCUT2D eigenvalue weighted by Gasteiger charge is 2.46. The highest BCUT2D eigenvalue weighted by atomic mass is 79.9. The van der Waals surface area contributed by atoms with Gasteiger partial charge in [0, 0.05) is 0 Å². The van der Waals surface area contributed by atoms with Gasteiger partial charge < -0.3 is 4.74 Å². The first-order valence-electron chi connectivity index (χ1n) is 3.91. The van der Waals surface area contributed by atoms with Crippen molar-refractivity contribution < 1.29 is 9.53 Å². The van der Waals surface area contributed by atoms with E-state index in [1.54, 1.807) is 0 Å². The van der Waals surface area contributed by atoms with Crippen molar-refractivity contribution in [2.75, 3.05) is 0 Å². The Morgan fingerprint density at radius 1 is 1.58 bits per heavy atom. The highest BCUT2D eigenvalue weighted by Crippen LogP contribution is 2.28. The molecule has 12 heavy (non-hydrogen) atoms. The molecule has 0 radical (unpaired) electrons. The zero-order valence-electron chi connectivity index (χ0n) is 7.77. The summed E-state index contributed by atoms with van der Waals surface area (Å²) < 4.78 is 4.92. The van der Waals surface area contributed by atoms with Gasteiger partial charge in [0.05, 0.1) is 4.32 Å². The molecule has 1 saturated heterocycles. The number of carbonyl (C=O) groups excluding carboxylic acids is 1. The smallest absolute Gasteiger partial charge is 0.327 e. The molecule has 4 heteroatoms. The van der Waals surface area contributed by atoms with Crippen LogP contribution in [-0.2, 0) is 9.53 Å². The molecule has 1 aliphatic rings. The van der Waals surface area contributed by atoms with Gasteiger partial charge in [-0.15, -0.1) is 0 Å². The molecule has 0 saturated carbocycles. The number of nitrogens with one attached hydrogen (secondary N) is 1. The van der Waals surface area contributed by atoms with Gasteiger partial charge in [-0.3, -0.25) is 10.1 Å². The third-order valence-electron chi connectivity index (χ3n) is 1.85. The SMILES string of the molecule is CC1(C)NC(C(C)(C)Br)OC1=O. The van der Waals surface area contributed by atoms with E-state index in [1.165, 1.54) is 0 Å². The molecule has 1 fully saturated rings. The van der Waals surface area contributed by atoms with Crippen molar-refractivity contribution in [1.29, 1.82) is 0 Å². The number of esters is 1. The maximum atomic E-state index is 11.2. The summed E-state index contributed by atoms with van der Waals surface area (Å²) in [5, 5.41) is 3.10. The average Bonchev–Trinajstić information content (AvgIpc) is 2.06. The van der Waals surface area contributed by atoms with E-state index in [0.29, 0.717) is 0 Å². The fourth-order valence-electron chi connectivity index (χ4n) is 0.982. The van der Waals surface area contributed by atoms with Gasteiger partial charge in [-0.1, -0.05) is 15.9 Å². The van der Waals surface area contributed by atoms with E-state index >= 15 is 0 Å². The van der Waals surface area contributed by atoms with Gasteiger partial charge in [-0.05, 0) is 27.7 Å². The number of carbonyl (C=O) groups is 1. The first-order valence-corrected chi connectivity index (χ1v) is 4.70. The molecule has 3 nitrogen and oxygen atoms in total. The number of cyclic esters (lactones) is 1. The van der Waals surface area contributed by atoms with Crippen molar-refractivity contribution in [3.05, 3.63) is 0 Å². The Balaban J connectivity index is 2.74. The molecule has 0 bridgehead atoms. The summed E-state index contributed by atoms with van der Waals surface area (Å²) in [5.41, 5.74) is -0.560. The van der Waals surface area contributed by atoms with E-state index in [4.69, 9.17) is 4.74 Å². The second-order valence-electron chi connectivity index (χ2n) is 4.12. The normalized spacial score (nSPS) is 28.8. The molecule has 70 valence electrons. The Kier molecular flexibility index (Phi) is 2.25. The third-order valence-corrected chi connectivity index (χ3v) is 2.27. The van der Waals surface area contributed by atoms with Crippen LogP contribution in [0.5, 0.6) is 0 Å². The number of ether oxygens (including phenoxy) is 1. The van der Waals surface area contributed by atoms with Gasteiger partial charge in [0.1, 0.15) is 5.54 Å². The summed E-state index contributed by atoms with van der Waals surface area (Å²) in [6, 6.07) is 0. The molecule has 1 N–H and O–H groups in total. The van der Waals surface area contributed by atoms with Crippen molar-refractivity contribution >= 4 is 21.9 Å². The number of hydrogen-bond acceptors (Lipinski definition) is 3. The van der Waals surface area contributed by atoms with Crippen LogP contribution in [0, 0.1) is 0 Å². The van der Waals surface area contributed by atoms with E-state index in [2.05, 4.69) is 21.2 Å². The van der Waals surface area contributed by atoms with Gasteiger partial charge in [-0.25, -0.2) is 0 Å². The van der Waals surface area contributed by atoms with Crippen LogP contribution in [0.3, 0.4) is 0 Å². The molecule has 1 aliphatic heterocycles. The van der Waals surface area contributed by atoms with E-state index < -0.39 is 5.54 Å². The van der Waals surface area contributed by atoms with Crippen LogP contribution in [0.25, 0.3) is 0 Å². The summed E-state index contributed by atoms with van der Waals surface area (Å²) in [6.07, 6.45) is -0.250. The average molecular weight is 236 g/mol. The van der Waals surface area contributed by atoms with Gasteiger partial charge in [0.25, 0.3) is 0 Å². The van der Waals surface area contributed by atoms with E-state index in [1.807, 2.05) is 27.7 Å². The van der Waals surface area contributed by atoms with Crippen molar-refractivity contribution in [2.24, 2.45) is 0 Å². The van der Waals surface area contributed by atoms with Crippen LogP contribution in [0.2, 0.25) is 0 Å². The van der Waals surface area contributed by atoms with Crippen LogP contribution >= 0.6 is 15.9 Å². The molecular formula is C8H14BrNO2. The maximum Gasteiger partial charge on any atom is 0.327 e. The molecule has 0 amide bonds. The van der Waals surface area contributed by atoms with Crippen LogP contribution in [0.15, 0.2) is 0 Å². The molecule has 1 unspecified atom stereocenters. The number of rotatable bonds is 1. The fraction of sp³-hybridized carbons (Fsp3) is 0.875. The summed E-state index contributed by atoms with van der Waals surface area (Å²) >= 11 is 3.44. The Hall–Kier alpha value is -0.0900. The Bertz CT molecular complexity index is 208. The second kappa shape index (κ2) is 2.70. The minimum absolute atomic E-state index is 0.194. The van der Waals surface area contributed by atoms with Crippen LogP contribution < -0.4 is 5.32 Å². The Labute approximate surface area is 81.0 Å². The zero-order chi connectivity index (χ0) is 9.57. The number of alkyl halides is 1. The van der Waals surface area contributed by atoms with E-state index in [9.17, 15) is 4.79 Å². The lowest BCUT2D eigenvalue weighted by molar-refractivity contribution is -0.145. The molecule has 1 atom stereocenters. The topological polar surface area (TPSA) is 38.3 Å². The second-order valence-corrected chi connectivity index (χ2v) is 6.16. The summed E-state index contributed by atoms with van der Waals surface area (Å²) in [5.74, 6) is -0.194. The largest absolute Gasteiger partial charge is 0.444 e. The molecule has 0 aromatic carbocycles. The summed E-state index contributed by atoms with van der Waals surface area (Å²) in [4.78, 5) is 11.2. The van der Waals surface area contributed by atoms with Gasteiger partial charge in [0.15, 0.2) is 6.23 Å². The lowest BCUT2D eigenvalue weighted by Gasteiger charge is -2.24. The molecule has 1 rings (SSSR count).